The van der Waals surface area contributed by atoms with Gasteiger partial charge in [0.2, 0.25) is 0 Å². The number of aliphatic hydroxyl groups excluding tert-OH is 1. The van der Waals surface area contributed by atoms with Crippen LogP contribution >= 0.6 is 11.3 Å². The highest BCUT2D eigenvalue weighted by Gasteiger charge is 2.48. The summed E-state index contributed by atoms with van der Waals surface area (Å²) in [6.45, 7) is 7.30. The maximum absolute atomic E-state index is 13.9. The maximum Gasteiger partial charge on any atom is 0.301 e. The van der Waals surface area contributed by atoms with Crippen LogP contribution in [0.25, 0.3) is 16.0 Å². The number of thiazole rings is 1. The lowest BCUT2D eigenvalue weighted by Gasteiger charge is -2.24. The van der Waals surface area contributed by atoms with Gasteiger partial charge in [-0.05, 0) is 79.4 Å². The van der Waals surface area contributed by atoms with Crippen LogP contribution in [0.5, 0.6) is 23.0 Å². The first-order valence-electron chi connectivity index (χ1n) is 15.3. The summed E-state index contributed by atoms with van der Waals surface area (Å²) in [5.74, 6) is 0.0000958. The first-order chi connectivity index (χ1) is 22.8. The number of anilines is 1. The summed E-state index contributed by atoms with van der Waals surface area (Å²) < 4.78 is 24.4. The molecule has 10 heteroatoms. The van der Waals surface area contributed by atoms with Crippen molar-refractivity contribution in [2.24, 2.45) is 0 Å². The molecule has 238 valence electrons. The summed E-state index contributed by atoms with van der Waals surface area (Å²) in [6.07, 6.45) is 0. The molecule has 1 fully saturated rings. The zero-order chi connectivity index (χ0) is 32.7. The quantitative estimate of drug-likeness (QED) is 0.106. The standard InChI is InChI=1S/C37H32N2O7S/c1-4-43-28-18-24(10-12-27(28)46-20-23-8-6-5-7-9-23)33-31(34(40)25-11-13-26-29(19-25)45-15-14-44-26)35(41)36(42)39(33)37-38-32-22(3)16-21(2)17-30(32)47-37/h5-13,16-19,33,40H,4,14-15,20H2,1-3H3/b34-31+/t33-/m1/s1. The minimum atomic E-state index is -1.01. The van der Waals surface area contributed by atoms with E-state index in [0.29, 0.717) is 65.7 Å². The topological polar surface area (TPSA) is 107 Å². The predicted molar refractivity (Wildman–Crippen MR) is 180 cm³/mol. The van der Waals surface area contributed by atoms with Crippen LogP contribution in [0.2, 0.25) is 0 Å². The smallest absolute Gasteiger partial charge is 0.301 e. The number of ketones is 1. The second-order valence-electron chi connectivity index (χ2n) is 11.4. The molecule has 0 aliphatic carbocycles. The third-order valence-electron chi connectivity index (χ3n) is 8.11. The number of nitrogens with zero attached hydrogens (tertiary/aromatic N) is 2. The number of carbonyl (C=O) groups excluding carboxylic acids is 2. The molecule has 0 saturated carbocycles. The van der Waals surface area contributed by atoms with Gasteiger partial charge in [0.15, 0.2) is 28.1 Å². The zero-order valence-corrected chi connectivity index (χ0v) is 26.9. The van der Waals surface area contributed by atoms with Gasteiger partial charge in [-0.1, -0.05) is 53.8 Å². The van der Waals surface area contributed by atoms with E-state index < -0.39 is 17.7 Å². The molecular formula is C37H32N2O7S. The summed E-state index contributed by atoms with van der Waals surface area (Å²) in [5.41, 5.74) is 4.57. The van der Waals surface area contributed by atoms with Gasteiger partial charge in [0.05, 0.1) is 28.4 Å². The highest BCUT2D eigenvalue weighted by molar-refractivity contribution is 7.22. The van der Waals surface area contributed by atoms with Crippen molar-refractivity contribution in [1.82, 2.24) is 4.98 Å². The second-order valence-corrected chi connectivity index (χ2v) is 12.4. The molecule has 5 aromatic rings. The van der Waals surface area contributed by atoms with Crippen LogP contribution in [0.4, 0.5) is 5.13 Å². The normalized spacial score (nSPS) is 16.9. The van der Waals surface area contributed by atoms with Crippen molar-refractivity contribution in [3.63, 3.8) is 0 Å². The Hall–Kier alpha value is -5.35. The van der Waals surface area contributed by atoms with Gasteiger partial charge in [0, 0.05) is 5.56 Å². The summed E-state index contributed by atoms with van der Waals surface area (Å²) in [7, 11) is 0. The van der Waals surface area contributed by atoms with E-state index in [2.05, 4.69) is 0 Å². The number of Topliss-reactive ketones (excluding diaryl/α,β-unsaturated/α-hetero) is 1. The number of amides is 1. The molecule has 1 saturated heterocycles. The molecule has 0 spiro atoms. The number of aliphatic hydroxyl groups is 1. The van der Waals surface area contributed by atoms with Crippen molar-refractivity contribution in [3.05, 3.63) is 112 Å². The second kappa shape index (κ2) is 12.4. The molecule has 47 heavy (non-hydrogen) atoms. The number of hydrogen-bond donors (Lipinski definition) is 1. The lowest BCUT2D eigenvalue weighted by Crippen LogP contribution is -2.29. The fourth-order valence-electron chi connectivity index (χ4n) is 5.97. The SMILES string of the molecule is CCOc1cc([C@@H]2/C(=C(\O)c3ccc4c(c3)OCCO4)C(=O)C(=O)N2c2nc3c(C)cc(C)cc3s2)ccc1OCc1ccccc1. The summed E-state index contributed by atoms with van der Waals surface area (Å²) in [4.78, 5) is 34.0. The minimum Gasteiger partial charge on any atom is -0.507 e. The van der Waals surface area contributed by atoms with Crippen LogP contribution in [0.15, 0.2) is 84.4 Å². The molecule has 2 aliphatic heterocycles. The number of fused-ring (bicyclic) bond motifs is 2. The average Bonchev–Trinajstić information content (AvgIpc) is 3.62. The van der Waals surface area contributed by atoms with Gasteiger partial charge in [0.1, 0.15) is 25.6 Å². The molecule has 7 rings (SSSR count). The number of hydrogen-bond acceptors (Lipinski definition) is 9. The van der Waals surface area contributed by atoms with E-state index in [1.807, 2.05) is 63.2 Å². The van der Waals surface area contributed by atoms with Crippen LogP contribution in [-0.2, 0) is 16.2 Å². The predicted octanol–water partition coefficient (Wildman–Crippen LogP) is 7.29. The van der Waals surface area contributed by atoms with Gasteiger partial charge in [-0.2, -0.15) is 0 Å². The van der Waals surface area contributed by atoms with Crippen LogP contribution in [0.1, 0.15) is 40.8 Å². The van der Waals surface area contributed by atoms with Crippen molar-refractivity contribution in [1.29, 1.82) is 0 Å². The summed E-state index contributed by atoms with van der Waals surface area (Å²) in [6, 6.07) is 23.1. The van der Waals surface area contributed by atoms with Crippen molar-refractivity contribution in [3.8, 4) is 23.0 Å². The largest absolute Gasteiger partial charge is 0.507 e. The molecular weight excluding hydrogens is 616 g/mol. The van der Waals surface area contributed by atoms with Crippen LogP contribution in [0, 0.1) is 13.8 Å². The number of carbonyl (C=O) groups is 2. The Bertz CT molecular complexity index is 2050. The van der Waals surface area contributed by atoms with Gasteiger partial charge < -0.3 is 24.1 Å². The van der Waals surface area contributed by atoms with E-state index in [9.17, 15) is 14.7 Å². The number of rotatable bonds is 8. The summed E-state index contributed by atoms with van der Waals surface area (Å²) >= 11 is 1.32. The number of ether oxygens (including phenoxy) is 4. The molecule has 3 heterocycles. The number of aryl methyl sites for hydroxylation is 2. The number of aromatic nitrogens is 1. The monoisotopic (exact) mass is 648 g/mol. The van der Waals surface area contributed by atoms with E-state index in [1.165, 1.54) is 16.2 Å². The summed E-state index contributed by atoms with van der Waals surface area (Å²) in [5, 5.41) is 12.1. The third kappa shape index (κ3) is 5.65. The highest BCUT2D eigenvalue weighted by atomic mass is 32.1. The lowest BCUT2D eigenvalue weighted by molar-refractivity contribution is -0.132. The Morgan fingerprint density at radius 3 is 2.51 bits per heavy atom. The maximum atomic E-state index is 13.9. The van der Waals surface area contributed by atoms with Gasteiger partial charge in [-0.15, -0.1) is 0 Å². The van der Waals surface area contributed by atoms with Crippen LogP contribution < -0.4 is 23.8 Å². The Kier molecular flexibility index (Phi) is 8.03. The molecule has 0 bridgehead atoms. The fraction of sp³-hybridized carbons (Fsp3) is 0.216. The molecule has 2 aliphatic rings. The van der Waals surface area contributed by atoms with Crippen molar-refractivity contribution in [2.45, 2.75) is 33.4 Å². The Labute approximate surface area is 275 Å². The molecule has 4 aromatic carbocycles. The van der Waals surface area contributed by atoms with Gasteiger partial charge >= 0.3 is 5.91 Å². The molecule has 1 N–H and O–H groups in total. The molecule has 1 atom stereocenters. The minimum absolute atomic E-state index is 0.0701. The van der Waals surface area contributed by atoms with Crippen molar-refractivity contribution < 1.29 is 33.6 Å². The molecule has 0 radical (unpaired) electrons. The lowest BCUT2D eigenvalue weighted by atomic mass is 9.95. The molecule has 0 unspecified atom stereocenters. The van der Waals surface area contributed by atoms with Crippen LogP contribution in [0.3, 0.4) is 0 Å². The first kappa shape index (κ1) is 30.3. The third-order valence-corrected chi connectivity index (χ3v) is 9.11. The Morgan fingerprint density at radius 1 is 0.936 bits per heavy atom. The van der Waals surface area contributed by atoms with Gasteiger partial charge in [-0.25, -0.2) is 4.98 Å². The van der Waals surface area contributed by atoms with Gasteiger partial charge in [-0.3, -0.25) is 14.5 Å². The van der Waals surface area contributed by atoms with Crippen molar-refractivity contribution in [2.75, 3.05) is 24.7 Å². The van der Waals surface area contributed by atoms with E-state index in [0.717, 1.165) is 26.9 Å². The fourth-order valence-corrected chi connectivity index (χ4v) is 7.14. The molecule has 1 amide bonds. The number of benzene rings is 4. The Morgan fingerprint density at radius 2 is 1.72 bits per heavy atom. The Balaban J connectivity index is 1.37. The van der Waals surface area contributed by atoms with Crippen molar-refractivity contribution >= 4 is 44.1 Å². The van der Waals surface area contributed by atoms with Crippen LogP contribution in [-0.4, -0.2) is 41.6 Å². The van der Waals surface area contributed by atoms with E-state index in [4.69, 9.17) is 23.9 Å². The molecule has 9 nitrogen and oxygen atoms in total. The highest BCUT2D eigenvalue weighted by Crippen LogP contribution is 2.47. The van der Waals surface area contributed by atoms with E-state index >= 15 is 0 Å². The average molecular weight is 649 g/mol. The first-order valence-corrected chi connectivity index (χ1v) is 16.2. The van der Waals surface area contributed by atoms with Gasteiger partial charge in [0.25, 0.3) is 5.78 Å². The molecule has 1 aromatic heterocycles. The van der Waals surface area contributed by atoms with E-state index in [1.54, 1.807) is 36.4 Å². The van der Waals surface area contributed by atoms with E-state index in [-0.39, 0.29) is 11.3 Å². The zero-order valence-electron chi connectivity index (χ0n) is 26.1.